The summed E-state index contributed by atoms with van der Waals surface area (Å²) in [7, 11) is 0. The van der Waals surface area contributed by atoms with Crippen molar-refractivity contribution in [1.29, 1.82) is 0 Å². The van der Waals surface area contributed by atoms with Gasteiger partial charge < -0.3 is 0 Å². The number of hydrogen-bond donors (Lipinski definition) is 0. The highest BCUT2D eigenvalue weighted by Crippen LogP contribution is 2.96. The molecule has 0 nitrogen and oxygen atoms in total. The van der Waals surface area contributed by atoms with Gasteiger partial charge in [-0.25, -0.2) is 0 Å². The van der Waals surface area contributed by atoms with Crippen LogP contribution in [0, 0.1) is 58.2 Å². The van der Waals surface area contributed by atoms with Crippen molar-refractivity contribution in [2.75, 3.05) is 0 Å². The van der Waals surface area contributed by atoms with Crippen LogP contribution in [0.1, 0.15) is 27.7 Å². The molecule has 0 aromatic heterocycles. The molecular formula is C14H20. The van der Waals surface area contributed by atoms with Crippen LogP contribution >= 0.6 is 0 Å². The summed E-state index contributed by atoms with van der Waals surface area (Å²) in [5, 5.41) is 0. The molecule has 0 aromatic rings. The lowest BCUT2D eigenvalue weighted by atomic mass is 9.45. The fourth-order valence-electron chi connectivity index (χ4n) is 7.01. The molecular weight excluding hydrogens is 168 g/mol. The summed E-state index contributed by atoms with van der Waals surface area (Å²) in [5.41, 5.74) is 1.28. The first-order valence-corrected chi connectivity index (χ1v) is 6.49. The Bertz CT molecular complexity index is 308. The minimum Gasteiger partial charge on any atom is -0.0591 e. The molecule has 6 rings (SSSR count). The van der Waals surface area contributed by atoms with E-state index in [1.807, 2.05) is 0 Å². The maximum Gasteiger partial charge on any atom is -0.0266 e. The van der Waals surface area contributed by atoms with E-state index in [0.717, 1.165) is 11.8 Å². The second kappa shape index (κ2) is 1.44. The van der Waals surface area contributed by atoms with E-state index in [-0.39, 0.29) is 0 Å². The zero-order valence-electron chi connectivity index (χ0n) is 9.62. The molecule has 0 N–H and O–H groups in total. The maximum absolute atomic E-state index is 2.58. The molecule has 6 saturated carbocycles. The van der Waals surface area contributed by atoms with E-state index in [1.165, 1.54) is 35.5 Å². The van der Waals surface area contributed by atoms with Gasteiger partial charge in [-0.3, -0.25) is 0 Å². The topological polar surface area (TPSA) is 0 Å². The zero-order valence-corrected chi connectivity index (χ0v) is 9.62. The molecule has 4 unspecified atom stereocenters. The van der Waals surface area contributed by atoms with E-state index >= 15 is 0 Å². The van der Waals surface area contributed by atoms with Gasteiger partial charge in [0, 0.05) is 0 Å². The molecule has 2 bridgehead atoms. The molecule has 6 aliphatic carbocycles. The Morgan fingerprint density at radius 2 is 0.786 bits per heavy atom. The standard InChI is InChI=1S/C14H20/c1-13(2)11-7-5-6-8(11)10(6)12(9(5)7)14(13,3)4/h5-12H,1-4H3. The lowest BCUT2D eigenvalue weighted by molar-refractivity contribution is -0.118. The van der Waals surface area contributed by atoms with Crippen molar-refractivity contribution in [3.63, 3.8) is 0 Å². The van der Waals surface area contributed by atoms with Crippen LogP contribution in [0.4, 0.5) is 0 Å². The molecule has 4 atom stereocenters. The lowest BCUT2D eigenvalue weighted by Gasteiger charge is -2.59. The van der Waals surface area contributed by atoms with Gasteiger partial charge in [0.15, 0.2) is 0 Å². The molecule has 0 spiro atoms. The number of rotatable bonds is 0. The minimum atomic E-state index is 0.639. The van der Waals surface area contributed by atoms with E-state index < -0.39 is 0 Å². The monoisotopic (exact) mass is 188 g/mol. The lowest BCUT2D eigenvalue weighted by Crippen LogP contribution is -2.54. The number of hydrogen-bond acceptors (Lipinski definition) is 0. The second-order valence-corrected chi connectivity index (χ2v) is 7.96. The number of fused-ring (bicyclic) bond motifs is 1. The molecule has 0 heterocycles. The summed E-state index contributed by atoms with van der Waals surface area (Å²) in [6.45, 7) is 10.3. The molecule has 0 aromatic carbocycles. The Kier molecular flexibility index (Phi) is 0.753. The molecule has 0 aliphatic heterocycles. The Morgan fingerprint density at radius 3 is 1.07 bits per heavy atom. The Morgan fingerprint density at radius 1 is 0.500 bits per heavy atom. The van der Waals surface area contributed by atoms with Gasteiger partial charge in [-0.2, -0.15) is 0 Å². The minimum absolute atomic E-state index is 0.639. The van der Waals surface area contributed by atoms with Gasteiger partial charge in [-0.1, -0.05) is 27.7 Å². The van der Waals surface area contributed by atoms with Crippen LogP contribution in [0.25, 0.3) is 0 Å². The quantitative estimate of drug-likeness (QED) is 0.548. The van der Waals surface area contributed by atoms with Gasteiger partial charge in [0.05, 0.1) is 0 Å². The molecule has 0 saturated heterocycles. The molecule has 6 aliphatic rings. The van der Waals surface area contributed by atoms with Gasteiger partial charge in [0.2, 0.25) is 0 Å². The highest BCUT2D eigenvalue weighted by Gasteiger charge is 2.93. The first kappa shape index (κ1) is 7.30. The third kappa shape index (κ3) is 0.390. The van der Waals surface area contributed by atoms with Gasteiger partial charge in [-0.15, -0.1) is 0 Å². The highest BCUT2D eigenvalue weighted by atomic mass is 15.0. The smallest absolute Gasteiger partial charge is 0.0266 e. The van der Waals surface area contributed by atoms with Crippen LogP contribution < -0.4 is 0 Å². The van der Waals surface area contributed by atoms with Crippen LogP contribution in [0.5, 0.6) is 0 Å². The third-order valence-corrected chi connectivity index (χ3v) is 7.82. The van der Waals surface area contributed by atoms with Crippen LogP contribution in [-0.2, 0) is 0 Å². The molecule has 6 fully saturated rings. The zero-order chi connectivity index (χ0) is 9.62. The molecule has 76 valence electrons. The average Bonchev–Trinajstić information content (AvgIpc) is 2.89. The highest BCUT2D eigenvalue weighted by molar-refractivity contribution is 5.39. The first-order valence-electron chi connectivity index (χ1n) is 6.49. The predicted octanol–water partition coefficient (Wildman–Crippen LogP) is 3.04. The van der Waals surface area contributed by atoms with Crippen LogP contribution in [0.2, 0.25) is 0 Å². The summed E-state index contributed by atoms with van der Waals surface area (Å²) < 4.78 is 0. The predicted molar refractivity (Wildman–Crippen MR) is 55.5 cm³/mol. The fraction of sp³-hybridized carbons (Fsp3) is 1.00. The van der Waals surface area contributed by atoms with E-state index in [0.29, 0.717) is 10.8 Å². The molecule has 0 heteroatoms. The van der Waals surface area contributed by atoms with Crippen molar-refractivity contribution in [3.05, 3.63) is 0 Å². The Balaban J connectivity index is 1.81. The fourth-order valence-corrected chi connectivity index (χ4v) is 7.01. The van der Waals surface area contributed by atoms with Gasteiger partial charge in [0.25, 0.3) is 0 Å². The summed E-state index contributed by atoms with van der Waals surface area (Å²) >= 11 is 0. The van der Waals surface area contributed by atoms with Crippen LogP contribution in [0.15, 0.2) is 0 Å². The van der Waals surface area contributed by atoms with Crippen molar-refractivity contribution >= 4 is 0 Å². The molecule has 14 heavy (non-hydrogen) atoms. The Labute approximate surface area is 86.5 Å². The van der Waals surface area contributed by atoms with E-state index in [4.69, 9.17) is 0 Å². The summed E-state index contributed by atoms with van der Waals surface area (Å²) in [5.74, 6) is 9.58. The van der Waals surface area contributed by atoms with Crippen LogP contribution in [0.3, 0.4) is 0 Å². The van der Waals surface area contributed by atoms with Gasteiger partial charge in [-0.05, 0) is 58.2 Å². The molecule has 0 amide bonds. The van der Waals surface area contributed by atoms with Crippen molar-refractivity contribution in [3.8, 4) is 0 Å². The maximum atomic E-state index is 2.58. The van der Waals surface area contributed by atoms with Crippen LogP contribution in [-0.4, -0.2) is 0 Å². The van der Waals surface area contributed by atoms with Gasteiger partial charge >= 0.3 is 0 Å². The first-order chi connectivity index (χ1) is 6.49. The molecule has 0 radical (unpaired) electrons. The summed E-state index contributed by atoms with van der Waals surface area (Å²) in [6.07, 6.45) is 0. The normalized spacial score (nSPS) is 76.3. The van der Waals surface area contributed by atoms with Crippen molar-refractivity contribution in [2.24, 2.45) is 58.2 Å². The van der Waals surface area contributed by atoms with E-state index in [1.54, 1.807) is 0 Å². The average molecular weight is 188 g/mol. The van der Waals surface area contributed by atoms with Gasteiger partial charge in [0.1, 0.15) is 0 Å². The summed E-state index contributed by atoms with van der Waals surface area (Å²) in [4.78, 5) is 0. The van der Waals surface area contributed by atoms with Crippen molar-refractivity contribution in [1.82, 2.24) is 0 Å². The van der Waals surface area contributed by atoms with E-state index in [9.17, 15) is 0 Å². The van der Waals surface area contributed by atoms with Crippen molar-refractivity contribution in [2.45, 2.75) is 27.7 Å². The Hall–Kier alpha value is 0. The second-order valence-electron chi connectivity index (χ2n) is 7.96. The third-order valence-electron chi connectivity index (χ3n) is 7.82. The summed E-state index contributed by atoms with van der Waals surface area (Å²) in [6, 6.07) is 0. The largest absolute Gasteiger partial charge is 0.0591 e. The van der Waals surface area contributed by atoms with E-state index in [2.05, 4.69) is 27.7 Å². The van der Waals surface area contributed by atoms with Crippen molar-refractivity contribution < 1.29 is 0 Å². The SMILES string of the molecule is CC1(C)C2C3C4C5C2C5C(C43)C1(C)C.